The highest BCUT2D eigenvalue weighted by atomic mass is 79.9. The molecule has 2 heteroatoms. The van der Waals surface area contributed by atoms with Gasteiger partial charge in [0.05, 0.1) is 5.60 Å². The van der Waals surface area contributed by atoms with Crippen molar-refractivity contribution in [3.05, 3.63) is 34.3 Å². The van der Waals surface area contributed by atoms with Gasteiger partial charge in [-0.2, -0.15) is 0 Å². The second kappa shape index (κ2) is 6.83. The molecule has 2 aliphatic carbocycles. The van der Waals surface area contributed by atoms with Crippen molar-refractivity contribution in [2.75, 3.05) is 0 Å². The molecule has 2 saturated carbocycles. The summed E-state index contributed by atoms with van der Waals surface area (Å²) in [6, 6.07) is 8.51. The zero-order chi connectivity index (χ0) is 14.7. The van der Waals surface area contributed by atoms with Gasteiger partial charge in [-0.15, -0.1) is 0 Å². The van der Waals surface area contributed by atoms with Gasteiger partial charge in [0, 0.05) is 10.9 Å². The van der Waals surface area contributed by atoms with Gasteiger partial charge in [-0.25, -0.2) is 0 Å². The Bertz CT molecular complexity index is 449. The van der Waals surface area contributed by atoms with Crippen molar-refractivity contribution in [2.24, 2.45) is 11.8 Å². The minimum absolute atomic E-state index is 0.464. The summed E-state index contributed by atoms with van der Waals surface area (Å²) < 4.78 is 1.12. The summed E-state index contributed by atoms with van der Waals surface area (Å²) in [6.07, 6.45) is 12.4. The zero-order valence-corrected chi connectivity index (χ0v) is 14.4. The van der Waals surface area contributed by atoms with Crippen LogP contribution in [0.5, 0.6) is 0 Å². The van der Waals surface area contributed by atoms with Crippen molar-refractivity contribution in [3.8, 4) is 0 Å². The zero-order valence-electron chi connectivity index (χ0n) is 12.9. The Kier molecular flexibility index (Phi) is 5.06. The summed E-state index contributed by atoms with van der Waals surface area (Å²) >= 11 is 3.50. The van der Waals surface area contributed by atoms with E-state index in [0.717, 1.165) is 23.2 Å². The minimum Gasteiger partial charge on any atom is -0.389 e. The molecule has 3 rings (SSSR count). The standard InChI is InChI=1S/C19H27BrO/c20-17-11-9-15(10-12-17)14-19(21)13-5-4-8-18(19)16-6-2-1-3-7-16/h9-12,16,18,21H,1-8,13-14H2. The Labute approximate surface area is 137 Å². The van der Waals surface area contributed by atoms with Crippen molar-refractivity contribution in [2.45, 2.75) is 69.8 Å². The lowest BCUT2D eigenvalue weighted by Gasteiger charge is -2.45. The summed E-state index contributed by atoms with van der Waals surface area (Å²) in [6.45, 7) is 0. The highest BCUT2D eigenvalue weighted by Crippen LogP contribution is 2.45. The lowest BCUT2D eigenvalue weighted by Crippen LogP contribution is -2.46. The largest absolute Gasteiger partial charge is 0.389 e. The number of aliphatic hydroxyl groups is 1. The van der Waals surface area contributed by atoms with Crippen molar-refractivity contribution in [1.82, 2.24) is 0 Å². The van der Waals surface area contributed by atoms with Crippen LogP contribution in [0.15, 0.2) is 28.7 Å². The minimum atomic E-state index is -0.464. The molecule has 2 atom stereocenters. The molecule has 21 heavy (non-hydrogen) atoms. The lowest BCUT2D eigenvalue weighted by molar-refractivity contribution is -0.0766. The molecule has 0 saturated heterocycles. The first kappa shape index (κ1) is 15.6. The van der Waals surface area contributed by atoms with E-state index in [4.69, 9.17) is 0 Å². The van der Waals surface area contributed by atoms with Crippen LogP contribution in [0.3, 0.4) is 0 Å². The van der Waals surface area contributed by atoms with Crippen molar-refractivity contribution < 1.29 is 5.11 Å². The van der Waals surface area contributed by atoms with Gasteiger partial charge in [-0.05, 0) is 42.4 Å². The van der Waals surface area contributed by atoms with Gasteiger partial charge in [-0.3, -0.25) is 0 Å². The molecular weight excluding hydrogens is 324 g/mol. The van der Waals surface area contributed by atoms with E-state index in [0.29, 0.717) is 5.92 Å². The van der Waals surface area contributed by atoms with Crippen LogP contribution < -0.4 is 0 Å². The summed E-state index contributed by atoms with van der Waals surface area (Å²) in [7, 11) is 0. The Balaban J connectivity index is 1.75. The van der Waals surface area contributed by atoms with E-state index in [2.05, 4.69) is 40.2 Å². The van der Waals surface area contributed by atoms with Crippen LogP contribution in [-0.2, 0) is 6.42 Å². The van der Waals surface area contributed by atoms with Gasteiger partial charge < -0.3 is 5.11 Å². The van der Waals surface area contributed by atoms with E-state index in [1.807, 2.05) is 0 Å². The highest BCUT2D eigenvalue weighted by molar-refractivity contribution is 9.10. The van der Waals surface area contributed by atoms with Crippen LogP contribution in [-0.4, -0.2) is 10.7 Å². The molecule has 0 spiro atoms. The molecule has 2 fully saturated rings. The van der Waals surface area contributed by atoms with Crippen LogP contribution in [0, 0.1) is 11.8 Å². The lowest BCUT2D eigenvalue weighted by atomic mass is 9.64. The van der Waals surface area contributed by atoms with Gasteiger partial charge in [-0.1, -0.05) is 73.0 Å². The predicted octanol–water partition coefficient (Wildman–Crippen LogP) is 5.49. The first-order valence-electron chi connectivity index (χ1n) is 8.64. The summed E-state index contributed by atoms with van der Waals surface area (Å²) in [5, 5.41) is 11.4. The van der Waals surface area contributed by atoms with Crippen molar-refractivity contribution in [3.63, 3.8) is 0 Å². The smallest absolute Gasteiger partial charge is 0.0718 e. The van der Waals surface area contributed by atoms with E-state index in [1.54, 1.807) is 0 Å². The van der Waals surface area contributed by atoms with Crippen LogP contribution in [0.4, 0.5) is 0 Å². The van der Waals surface area contributed by atoms with Crippen LogP contribution in [0.2, 0.25) is 0 Å². The number of hydrogen-bond acceptors (Lipinski definition) is 1. The quantitative estimate of drug-likeness (QED) is 0.763. The number of rotatable bonds is 3. The molecule has 1 aromatic rings. The summed E-state index contributed by atoms with van der Waals surface area (Å²) in [5.41, 5.74) is 0.817. The highest BCUT2D eigenvalue weighted by Gasteiger charge is 2.42. The van der Waals surface area contributed by atoms with Gasteiger partial charge in [0.2, 0.25) is 0 Å². The first-order valence-corrected chi connectivity index (χ1v) is 9.43. The number of benzene rings is 1. The third kappa shape index (κ3) is 3.71. The Morgan fingerprint density at radius 3 is 2.33 bits per heavy atom. The fourth-order valence-corrected chi connectivity index (χ4v) is 4.90. The fourth-order valence-electron chi connectivity index (χ4n) is 4.64. The Morgan fingerprint density at radius 1 is 0.952 bits per heavy atom. The van der Waals surface area contributed by atoms with Gasteiger partial charge in [0.25, 0.3) is 0 Å². The van der Waals surface area contributed by atoms with E-state index in [9.17, 15) is 5.11 Å². The van der Waals surface area contributed by atoms with Crippen LogP contribution >= 0.6 is 15.9 Å². The normalized spacial score (nSPS) is 31.2. The van der Waals surface area contributed by atoms with Gasteiger partial charge in [0.15, 0.2) is 0 Å². The third-order valence-corrected chi connectivity index (χ3v) is 6.24. The van der Waals surface area contributed by atoms with Crippen molar-refractivity contribution >= 4 is 15.9 Å². The van der Waals surface area contributed by atoms with E-state index in [1.165, 1.54) is 56.9 Å². The molecule has 1 nitrogen and oxygen atoms in total. The molecule has 2 aliphatic rings. The maximum atomic E-state index is 11.4. The summed E-state index contributed by atoms with van der Waals surface area (Å²) in [5.74, 6) is 1.29. The molecule has 1 N–H and O–H groups in total. The fraction of sp³-hybridized carbons (Fsp3) is 0.684. The molecular formula is C19H27BrO. The van der Waals surface area contributed by atoms with E-state index < -0.39 is 5.60 Å². The monoisotopic (exact) mass is 350 g/mol. The molecule has 0 heterocycles. The molecule has 0 bridgehead atoms. The molecule has 116 valence electrons. The van der Waals surface area contributed by atoms with E-state index >= 15 is 0 Å². The molecule has 0 radical (unpaired) electrons. The molecule has 0 aromatic heterocycles. The first-order chi connectivity index (χ1) is 10.2. The molecule has 0 aliphatic heterocycles. The predicted molar refractivity (Wildman–Crippen MR) is 91.3 cm³/mol. The Hall–Kier alpha value is -0.340. The second-order valence-electron chi connectivity index (χ2n) is 7.16. The number of halogens is 1. The molecule has 0 amide bonds. The SMILES string of the molecule is OC1(Cc2ccc(Br)cc2)CCCCC1C1CCCCC1. The van der Waals surface area contributed by atoms with Crippen LogP contribution in [0.1, 0.15) is 63.4 Å². The Morgan fingerprint density at radius 2 is 1.62 bits per heavy atom. The topological polar surface area (TPSA) is 20.2 Å². The molecule has 2 unspecified atom stereocenters. The molecule has 1 aromatic carbocycles. The number of hydrogen-bond donors (Lipinski definition) is 1. The van der Waals surface area contributed by atoms with Crippen molar-refractivity contribution in [1.29, 1.82) is 0 Å². The third-order valence-electron chi connectivity index (χ3n) is 5.71. The second-order valence-corrected chi connectivity index (χ2v) is 8.07. The maximum absolute atomic E-state index is 11.4. The average Bonchev–Trinajstić information content (AvgIpc) is 2.51. The summed E-state index contributed by atoms with van der Waals surface area (Å²) in [4.78, 5) is 0. The average molecular weight is 351 g/mol. The van der Waals surface area contributed by atoms with Gasteiger partial charge in [0.1, 0.15) is 0 Å². The van der Waals surface area contributed by atoms with E-state index in [-0.39, 0.29) is 0 Å². The maximum Gasteiger partial charge on any atom is 0.0718 e. The van der Waals surface area contributed by atoms with Gasteiger partial charge >= 0.3 is 0 Å². The van der Waals surface area contributed by atoms with Crippen LogP contribution in [0.25, 0.3) is 0 Å².